The van der Waals surface area contributed by atoms with Gasteiger partial charge in [0, 0.05) is 18.1 Å². The zero-order valence-electron chi connectivity index (χ0n) is 19.2. The van der Waals surface area contributed by atoms with Crippen molar-refractivity contribution in [3.05, 3.63) is 106 Å². The van der Waals surface area contributed by atoms with Crippen molar-refractivity contribution >= 4 is 50.7 Å². The van der Waals surface area contributed by atoms with Crippen molar-refractivity contribution < 1.29 is 4.79 Å². The number of anilines is 2. The lowest BCUT2D eigenvalue weighted by atomic mass is 10.2. The highest BCUT2D eigenvalue weighted by Crippen LogP contribution is 2.31. The Kier molecular flexibility index (Phi) is 6.48. The second kappa shape index (κ2) is 9.85. The summed E-state index contributed by atoms with van der Waals surface area (Å²) in [5.41, 5.74) is 3.95. The molecule has 1 amide bonds. The molecule has 0 fully saturated rings. The van der Waals surface area contributed by atoms with Gasteiger partial charge in [-0.2, -0.15) is 0 Å². The number of aromatic nitrogens is 3. The van der Waals surface area contributed by atoms with Gasteiger partial charge in [-0.25, -0.2) is 9.97 Å². The monoisotopic (exact) mass is 498 g/mol. The van der Waals surface area contributed by atoms with E-state index in [0.717, 1.165) is 22.6 Å². The molecule has 5 aromatic rings. The molecule has 6 nitrogen and oxygen atoms in total. The first-order chi connectivity index (χ1) is 17.0. The van der Waals surface area contributed by atoms with Crippen LogP contribution in [-0.2, 0) is 10.5 Å². The van der Waals surface area contributed by atoms with Crippen LogP contribution in [0.4, 0.5) is 10.8 Å². The van der Waals surface area contributed by atoms with E-state index in [9.17, 15) is 9.59 Å². The van der Waals surface area contributed by atoms with Crippen molar-refractivity contribution in [3.8, 4) is 5.69 Å². The molecule has 0 radical (unpaired) electrons. The first-order valence-corrected chi connectivity index (χ1v) is 12.9. The lowest BCUT2D eigenvalue weighted by molar-refractivity contribution is -0.115. The number of amides is 1. The third kappa shape index (κ3) is 4.62. The van der Waals surface area contributed by atoms with E-state index in [1.165, 1.54) is 30.0 Å². The van der Waals surface area contributed by atoms with Crippen LogP contribution in [0.15, 0.2) is 94.2 Å². The van der Waals surface area contributed by atoms with E-state index in [4.69, 9.17) is 9.97 Å². The molecule has 0 spiro atoms. The average molecular weight is 499 g/mol. The number of para-hydroxylation sites is 3. The highest BCUT2D eigenvalue weighted by atomic mass is 32.2. The van der Waals surface area contributed by atoms with Crippen molar-refractivity contribution in [2.75, 3.05) is 4.90 Å². The summed E-state index contributed by atoms with van der Waals surface area (Å²) in [7, 11) is 0. The third-order valence-corrected chi connectivity index (χ3v) is 7.36. The van der Waals surface area contributed by atoms with Gasteiger partial charge in [0.2, 0.25) is 5.91 Å². The van der Waals surface area contributed by atoms with Crippen molar-refractivity contribution in [2.45, 2.75) is 24.8 Å². The maximum Gasteiger partial charge on any atom is 0.266 e. The Bertz CT molecular complexity index is 1580. The minimum absolute atomic E-state index is 0.0989. The fourth-order valence-electron chi connectivity index (χ4n) is 3.84. The molecule has 2 heterocycles. The molecule has 35 heavy (non-hydrogen) atoms. The van der Waals surface area contributed by atoms with Crippen molar-refractivity contribution in [1.29, 1.82) is 0 Å². The van der Waals surface area contributed by atoms with Gasteiger partial charge in [-0.05, 0) is 42.8 Å². The van der Waals surface area contributed by atoms with Crippen LogP contribution < -0.4 is 10.5 Å². The standard InChI is InChI=1S/C27H22N4O2S2/c1-18-10-6-9-15-24(18)31-25(33)22-13-7-8-14-23(22)29-27(31)35-17-20-16-34-26(28-20)30(19(2)32)21-11-4-3-5-12-21/h3-16H,17H2,1-2H3. The van der Waals surface area contributed by atoms with E-state index in [-0.39, 0.29) is 11.5 Å². The zero-order chi connectivity index (χ0) is 24.4. The van der Waals surface area contributed by atoms with Crippen molar-refractivity contribution in [1.82, 2.24) is 14.5 Å². The Morgan fingerprint density at radius 2 is 1.69 bits per heavy atom. The van der Waals surface area contributed by atoms with Gasteiger partial charge in [0.1, 0.15) is 0 Å². The number of hydrogen-bond acceptors (Lipinski definition) is 6. The van der Waals surface area contributed by atoms with Gasteiger partial charge in [-0.3, -0.25) is 19.1 Å². The molecule has 0 aliphatic rings. The van der Waals surface area contributed by atoms with Crippen LogP contribution in [0.1, 0.15) is 18.2 Å². The molecule has 0 aliphatic heterocycles. The Balaban J connectivity index is 1.50. The SMILES string of the molecule is CC(=O)N(c1ccccc1)c1nc(CSc2nc3ccccc3c(=O)n2-c2ccccc2C)cs1. The number of thiazole rings is 1. The summed E-state index contributed by atoms with van der Waals surface area (Å²) in [6.07, 6.45) is 0. The molecular weight excluding hydrogens is 476 g/mol. The topological polar surface area (TPSA) is 68.1 Å². The molecule has 0 saturated carbocycles. The number of rotatable bonds is 6. The molecule has 2 aromatic heterocycles. The van der Waals surface area contributed by atoms with Gasteiger partial charge in [0.15, 0.2) is 10.3 Å². The molecule has 0 saturated heterocycles. The molecule has 174 valence electrons. The maximum absolute atomic E-state index is 13.5. The number of carbonyl (C=O) groups is 1. The van der Waals surface area contributed by atoms with Crippen LogP contribution in [0.25, 0.3) is 16.6 Å². The first kappa shape index (κ1) is 23.0. The summed E-state index contributed by atoms with van der Waals surface area (Å²) < 4.78 is 1.68. The summed E-state index contributed by atoms with van der Waals surface area (Å²) in [4.78, 5) is 37.0. The van der Waals surface area contributed by atoms with E-state index in [0.29, 0.717) is 26.9 Å². The third-order valence-electron chi connectivity index (χ3n) is 5.51. The number of thioether (sulfide) groups is 1. The van der Waals surface area contributed by atoms with E-state index >= 15 is 0 Å². The van der Waals surface area contributed by atoms with Crippen LogP contribution >= 0.6 is 23.1 Å². The van der Waals surface area contributed by atoms with Crippen LogP contribution in [0.2, 0.25) is 0 Å². The summed E-state index contributed by atoms with van der Waals surface area (Å²) in [5.74, 6) is 0.405. The number of nitrogens with zero attached hydrogens (tertiary/aromatic N) is 4. The average Bonchev–Trinajstić information content (AvgIpc) is 3.32. The second-order valence-electron chi connectivity index (χ2n) is 7.94. The Morgan fingerprint density at radius 1 is 0.971 bits per heavy atom. The molecule has 0 atom stereocenters. The maximum atomic E-state index is 13.5. The number of benzene rings is 3. The molecule has 8 heteroatoms. The summed E-state index contributed by atoms with van der Waals surface area (Å²) >= 11 is 2.87. The highest BCUT2D eigenvalue weighted by Gasteiger charge is 2.19. The van der Waals surface area contributed by atoms with Crippen LogP contribution in [0.5, 0.6) is 0 Å². The zero-order valence-corrected chi connectivity index (χ0v) is 20.8. The molecular formula is C27H22N4O2S2. The van der Waals surface area contributed by atoms with Gasteiger partial charge in [-0.1, -0.05) is 60.3 Å². The minimum Gasteiger partial charge on any atom is -0.274 e. The van der Waals surface area contributed by atoms with E-state index in [1.807, 2.05) is 85.1 Å². The second-order valence-corrected chi connectivity index (χ2v) is 9.72. The molecule has 0 bridgehead atoms. The van der Waals surface area contributed by atoms with Crippen LogP contribution in [-0.4, -0.2) is 20.4 Å². The van der Waals surface area contributed by atoms with Gasteiger partial charge >= 0.3 is 0 Å². The molecule has 0 N–H and O–H groups in total. The smallest absolute Gasteiger partial charge is 0.266 e. The van der Waals surface area contributed by atoms with Gasteiger partial charge < -0.3 is 0 Å². The Hall–Kier alpha value is -3.75. The fraction of sp³-hybridized carbons (Fsp3) is 0.111. The van der Waals surface area contributed by atoms with E-state index < -0.39 is 0 Å². The summed E-state index contributed by atoms with van der Waals surface area (Å²) in [6, 6.07) is 24.7. The van der Waals surface area contributed by atoms with Crippen molar-refractivity contribution in [3.63, 3.8) is 0 Å². The lowest BCUT2D eigenvalue weighted by Crippen LogP contribution is -2.22. The number of hydrogen-bond donors (Lipinski definition) is 0. The predicted molar refractivity (Wildman–Crippen MR) is 143 cm³/mol. The quantitative estimate of drug-likeness (QED) is 0.208. The largest absolute Gasteiger partial charge is 0.274 e. The van der Waals surface area contributed by atoms with E-state index in [1.54, 1.807) is 15.5 Å². The lowest BCUT2D eigenvalue weighted by Gasteiger charge is -2.17. The fourth-order valence-corrected chi connectivity index (χ4v) is 5.73. The number of fused-ring (bicyclic) bond motifs is 1. The van der Waals surface area contributed by atoms with E-state index in [2.05, 4.69) is 0 Å². The molecule has 3 aromatic carbocycles. The Labute approximate surface area is 210 Å². The predicted octanol–water partition coefficient (Wildman–Crippen LogP) is 6.13. The highest BCUT2D eigenvalue weighted by molar-refractivity contribution is 7.98. The number of carbonyl (C=O) groups excluding carboxylic acids is 1. The Morgan fingerprint density at radius 3 is 2.46 bits per heavy atom. The number of aryl methyl sites for hydroxylation is 1. The van der Waals surface area contributed by atoms with Gasteiger partial charge in [0.05, 0.1) is 28.0 Å². The molecule has 0 unspecified atom stereocenters. The summed E-state index contributed by atoms with van der Waals surface area (Å²) in [5, 5.41) is 3.74. The molecule has 0 aliphatic carbocycles. The van der Waals surface area contributed by atoms with Gasteiger partial charge in [0.25, 0.3) is 5.56 Å². The summed E-state index contributed by atoms with van der Waals surface area (Å²) in [6.45, 7) is 3.51. The first-order valence-electron chi connectivity index (χ1n) is 11.0. The van der Waals surface area contributed by atoms with Gasteiger partial charge in [-0.15, -0.1) is 11.3 Å². The molecule has 5 rings (SSSR count). The van der Waals surface area contributed by atoms with Crippen LogP contribution in [0, 0.1) is 6.92 Å². The minimum atomic E-state index is -0.102. The normalized spacial score (nSPS) is 11.0. The van der Waals surface area contributed by atoms with Crippen molar-refractivity contribution in [2.24, 2.45) is 0 Å². The van der Waals surface area contributed by atoms with Crippen LogP contribution in [0.3, 0.4) is 0 Å².